The highest BCUT2D eigenvalue weighted by Gasteiger charge is 1.91. The highest BCUT2D eigenvalue weighted by atomic mass is 79.9. The van der Waals surface area contributed by atoms with Crippen LogP contribution in [0.15, 0.2) is 28.9 Å². The Morgan fingerprint density at radius 2 is 2.14 bits per heavy atom. The molecule has 1 aromatic rings. The minimum absolute atomic E-state index is 0.617. The van der Waals surface area contributed by atoms with Crippen molar-refractivity contribution in [1.82, 2.24) is 4.98 Å². The van der Waals surface area contributed by atoms with E-state index in [-0.39, 0.29) is 0 Å². The van der Waals surface area contributed by atoms with Crippen LogP contribution in [0.25, 0.3) is 6.08 Å². The first kappa shape index (κ1) is 12.8. The zero-order valence-electron chi connectivity index (χ0n) is 8.07. The molecule has 0 aliphatic heterocycles. The van der Waals surface area contributed by atoms with E-state index >= 15 is 0 Å². The van der Waals surface area contributed by atoms with Gasteiger partial charge in [-0.3, -0.25) is 0 Å². The second-order valence-corrected chi connectivity index (χ2v) is 2.87. The molecule has 0 aromatic carbocycles. The summed E-state index contributed by atoms with van der Waals surface area (Å²) in [6, 6.07) is 5.29. The molecule has 0 aliphatic carbocycles. The summed E-state index contributed by atoms with van der Waals surface area (Å²) in [5.41, 5.74) is 0.617. The first-order chi connectivity index (χ1) is 6.68. The lowest BCUT2D eigenvalue weighted by molar-refractivity contribution is -0.131. The number of carbonyl (C=O) groups is 1. The molecule has 0 atom stereocenters. The van der Waals surface area contributed by atoms with Crippen LogP contribution in [0.1, 0.15) is 19.5 Å². The van der Waals surface area contributed by atoms with E-state index in [0.29, 0.717) is 10.3 Å². The van der Waals surface area contributed by atoms with Gasteiger partial charge in [0, 0.05) is 6.08 Å². The lowest BCUT2D eigenvalue weighted by atomic mass is 10.3. The Balaban J connectivity index is 0.000000791. The van der Waals surface area contributed by atoms with Gasteiger partial charge in [0.2, 0.25) is 0 Å². The summed E-state index contributed by atoms with van der Waals surface area (Å²) in [7, 11) is 0. The molecule has 14 heavy (non-hydrogen) atoms. The minimum Gasteiger partial charge on any atom is -0.478 e. The van der Waals surface area contributed by atoms with Crippen LogP contribution in [-0.4, -0.2) is 16.1 Å². The number of halogens is 1. The molecule has 0 spiro atoms. The van der Waals surface area contributed by atoms with Crippen LogP contribution in [-0.2, 0) is 4.79 Å². The number of nitrogens with zero attached hydrogens (tertiary/aromatic N) is 1. The van der Waals surface area contributed by atoms with Gasteiger partial charge in [0.15, 0.2) is 0 Å². The fourth-order valence-electron chi connectivity index (χ4n) is 0.673. The predicted molar refractivity (Wildman–Crippen MR) is 60.0 cm³/mol. The van der Waals surface area contributed by atoms with E-state index in [4.69, 9.17) is 5.11 Å². The first-order valence-corrected chi connectivity index (χ1v) is 5.01. The number of aromatic nitrogens is 1. The lowest BCUT2D eigenvalue weighted by Crippen LogP contribution is -1.87. The van der Waals surface area contributed by atoms with E-state index in [1.54, 1.807) is 18.2 Å². The molecule has 0 fully saturated rings. The Hall–Kier alpha value is -1.16. The van der Waals surface area contributed by atoms with E-state index in [1.165, 1.54) is 6.08 Å². The van der Waals surface area contributed by atoms with Crippen LogP contribution >= 0.6 is 15.9 Å². The minimum atomic E-state index is -0.975. The van der Waals surface area contributed by atoms with Gasteiger partial charge >= 0.3 is 5.97 Å². The molecule has 1 aromatic heterocycles. The van der Waals surface area contributed by atoms with Crippen LogP contribution in [0.3, 0.4) is 0 Å². The molecular weight excluding hydrogens is 246 g/mol. The van der Waals surface area contributed by atoms with Crippen molar-refractivity contribution in [3.63, 3.8) is 0 Å². The van der Waals surface area contributed by atoms with E-state index < -0.39 is 5.97 Å². The molecule has 0 aliphatic rings. The standard InChI is InChI=1S/C8H6BrNO2.C2H6/c9-7-3-1-2-6(10-7)4-5-8(11)12;1-2/h1-5H,(H,11,12);1-2H3/b5-4+;. The average molecular weight is 258 g/mol. The SMILES string of the molecule is CC.O=C(O)/C=C/c1cccc(Br)n1. The van der Waals surface area contributed by atoms with Crippen molar-refractivity contribution in [3.05, 3.63) is 34.6 Å². The molecule has 0 bridgehead atoms. The smallest absolute Gasteiger partial charge is 0.328 e. The number of rotatable bonds is 2. The second-order valence-electron chi connectivity index (χ2n) is 2.06. The maximum Gasteiger partial charge on any atom is 0.328 e. The molecule has 1 N–H and O–H groups in total. The highest BCUT2D eigenvalue weighted by molar-refractivity contribution is 9.10. The van der Waals surface area contributed by atoms with Crippen LogP contribution < -0.4 is 0 Å². The van der Waals surface area contributed by atoms with E-state index in [1.807, 2.05) is 13.8 Å². The third-order valence-corrected chi connectivity index (χ3v) is 1.57. The summed E-state index contributed by atoms with van der Waals surface area (Å²) in [6.45, 7) is 4.00. The third-order valence-electron chi connectivity index (χ3n) is 1.13. The molecule has 0 saturated heterocycles. The summed E-state index contributed by atoms with van der Waals surface area (Å²) in [4.78, 5) is 14.1. The normalized spacial score (nSPS) is 9.36. The Kier molecular flexibility index (Phi) is 6.66. The van der Waals surface area contributed by atoms with Crippen molar-refractivity contribution < 1.29 is 9.90 Å². The Labute approximate surface area is 91.6 Å². The summed E-state index contributed by atoms with van der Waals surface area (Å²) in [5.74, 6) is -0.975. The molecule has 76 valence electrons. The van der Waals surface area contributed by atoms with Crippen LogP contribution in [0.4, 0.5) is 0 Å². The third kappa shape index (κ3) is 5.48. The van der Waals surface area contributed by atoms with Gasteiger partial charge in [0.25, 0.3) is 0 Å². The average Bonchev–Trinajstić information content (AvgIpc) is 2.18. The molecular formula is C10H12BrNO2. The van der Waals surface area contributed by atoms with E-state index in [9.17, 15) is 4.79 Å². The summed E-state index contributed by atoms with van der Waals surface area (Å²) in [5, 5.41) is 8.32. The maximum absolute atomic E-state index is 10.1. The number of hydrogen-bond acceptors (Lipinski definition) is 2. The quantitative estimate of drug-likeness (QED) is 0.655. The predicted octanol–water partition coefficient (Wildman–Crippen LogP) is 2.97. The van der Waals surface area contributed by atoms with Crippen molar-refractivity contribution in [2.24, 2.45) is 0 Å². The number of carboxylic acid groups (broad SMARTS) is 1. The molecule has 1 heterocycles. The van der Waals surface area contributed by atoms with Crippen LogP contribution in [0.5, 0.6) is 0 Å². The molecule has 0 saturated carbocycles. The molecule has 0 radical (unpaired) electrons. The Bertz CT molecular complexity index is 324. The first-order valence-electron chi connectivity index (χ1n) is 4.22. The van der Waals surface area contributed by atoms with Crippen LogP contribution in [0.2, 0.25) is 0 Å². The van der Waals surface area contributed by atoms with Crippen molar-refractivity contribution in [2.75, 3.05) is 0 Å². The number of aliphatic carboxylic acids is 1. The maximum atomic E-state index is 10.1. The van der Waals surface area contributed by atoms with Crippen molar-refractivity contribution in [1.29, 1.82) is 0 Å². The largest absolute Gasteiger partial charge is 0.478 e. The lowest BCUT2D eigenvalue weighted by Gasteiger charge is -1.91. The second kappa shape index (κ2) is 7.26. The van der Waals surface area contributed by atoms with Gasteiger partial charge in [-0.2, -0.15) is 0 Å². The fraction of sp³-hybridized carbons (Fsp3) is 0.200. The molecule has 4 heteroatoms. The molecule has 3 nitrogen and oxygen atoms in total. The summed E-state index contributed by atoms with van der Waals surface area (Å²) in [6.07, 6.45) is 2.49. The van der Waals surface area contributed by atoms with Gasteiger partial charge < -0.3 is 5.11 Å². The molecule has 0 unspecified atom stereocenters. The zero-order chi connectivity index (χ0) is 11.0. The molecule has 0 amide bonds. The number of hydrogen-bond donors (Lipinski definition) is 1. The Morgan fingerprint density at radius 1 is 1.50 bits per heavy atom. The monoisotopic (exact) mass is 257 g/mol. The number of pyridine rings is 1. The number of carboxylic acids is 1. The van der Waals surface area contributed by atoms with Crippen molar-refractivity contribution >= 4 is 28.0 Å². The summed E-state index contributed by atoms with van der Waals surface area (Å²) < 4.78 is 0.690. The van der Waals surface area contributed by atoms with Crippen LogP contribution in [0, 0.1) is 0 Å². The van der Waals surface area contributed by atoms with Gasteiger partial charge in [-0.05, 0) is 34.1 Å². The van der Waals surface area contributed by atoms with E-state index in [2.05, 4.69) is 20.9 Å². The fourth-order valence-corrected chi connectivity index (χ4v) is 1.03. The Morgan fingerprint density at radius 3 is 2.64 bits per heavy atom. The molecule has 1 rings (SSSR count). The zero-order valence-corrected chi connectivity index (χ0v) is 9.65. The van der Waals surface area contributed by atoms with Gasteiger partial charge in [-0.1, -0.05) is 19.9 Å². The van der Waals surface area contributed by atoms with Gasteiger partial charge in [0.05, 0.1) is 5.69 Å². The van der Waals surface area contributed by atoms with Gasteiger partial charge in [0.1, 0.15) is 4.60 Å². The highest BCUT2D eigenvalue weighted by Crippen LogP contribution is 2.06. The van der Waals surface area contributed by atoms with Gasteiger partial charge in [-0.15, -0.1) is 0 Å². The van der Waals surface area contributed by atoms with Gasteiger partial charge in [-0.25, -0.2) is 9.78 Å². The van der Waals surface area contributed by atoms with E-state index in [0.717, 1.165) is 6.08 Å². The summed E-state index contributed by atoms with van der Waals surface area (Å²) >= 11 is 3.18. The van der Waals surface area contributed by atoms with Crippen molar-refractivity contribution in [2.45, 2.75) is 13.8 Å². The topological polar surface area (TPSA) is 50.2 Å². The van der Waals surface area contributed by atoms with Crippen molar-refractivity contribution in [3.8, 4) is 0 Å².